The Labute approximate surface area is 143 Å². The van der Waals surface area contributed by atoms with Crippen molar-refractivity contribution in [3.05, 3.63) is 28.4 Å². The summed E-state index contributed by atoms with van der Waals surface area (Å²) in [5, 5.41) is 0. The molecule has 1 rings (SSSR count). The third-order valence-corrected chi connectivity index (χ3v) is 5.91. The third-order valence-electron chi connectivity index (χ3n) is 2.13. The molecule has 0 spiro atoms. The van der Waals surface area contributed by atoms with Gasteiger partial charge < -0.3 is 4.74 Å². The van der Waals surface area contributed by atoms with Crippen molar-refractivity contribution in [2.45, 2.75) is 26.2 Å². The van der Waals surface area contributed by atoms with Crippen LogP contribution in [0.15, 0.2) is 12.1 Å². The molecule has 0 N–H and O–H groups in total. The summed E-state index contributed by atoms with van der Waals surface area (Å²) in [6.45, 7) is 2.53. The van der Waals surface area contributed by atoms with E-state index < -0.39 is 0 Å². The van der Waals surface area contributed by atoms with Crippen molar-refractivity contribution < 1.29 is 9.53 Å². The van der Waals surface area contributed by atoms with Crippen LogP contribution < -0.4 is 0 Å². The quantitative estimate of drug-likeness (QED) is 0.299. The summed E-state index contributed by atoms with van der Waals surface area (Å²) in [6, 6.07) is 4.28. The largest absolute Gasteiger partial charge is 0.466 e. The maximum absolute atomic E-state index is 11.4. The summed E-state index contributed by atoms with van der Waals surface area (Å²) in [7, 11) is 0. The SMILES string of the molecule is CCCOC(=O)CCc1cc(I)cc(I)c1I. The molecule has 17 heavy (non-hydrogen) atoms. The molecule has 0 aliphatic heterocycles. The molecule has 0 atom stereocenters. The minimum absolute atomic E-state index is 0.100. The van der Waals surface area contributed by atoms with Crippen LogP contribution in [0.5, 0.6) is 0 Å². The van der Waals surface area contributed by atoms with Crippen molar-refractivity contribution in [3.63, 3.8) is 0 Å². The molecular weight excluding hydrogens is 557 g/mol. The van der Waals surface area contributed by atoms with E-state index in [-0.39, 0.29) is 5.97 Å². The molecule has 1 aromatic rings. The van der Waals surface area contributed by atoms with Gasteiger partial charge in [-0.15, -0.1) is 0 Å². The van der Waals surface area contributed by atoms with Gasteiger partial charge in [-0.2, -0.15) is 0 Å². The monoisotopic (exact) mass is 570 g/mol. The summed E-state index contributed by atoms with van der Waals surface area (Å²) in [5.41, 5.74) is 1.23. The predicted octanol–water partition coefficient (Wildman–Crippen LogP) is 4.39. The highest BCUT2D eigenvalue weighted by Crippen LogP contribution is 2.23. The highest BCUT2D eigenvalue weighted by Gasteiger charge is 2.09. The molecule has 0 radical (unpaired) electrons. The zero-order valence-electron chi connectivity index (χ0n) is 9.43. The Morgan fingerprint density at radius 3 is 2.65 bits per heavy atom. The van der Waals surface area contributed by atoms with Gasteiger partial charge in [-0.25, -0.2) is 0 Å². The molecule has 5 heteroatoms. The van der Waals surface area contributed by atoms with E-state index in [1.54, 1.807) is 0 Å². The lowest BCUT2D eigenvalue weighted by molar-refractivity contribution is -0.143. The molecule has 0 aliphatic carbocycles. The second-order valence-electron chi connectivity index (χ2n) is 3.58. The van der Waals surface area contributed by atoms with E-state index in [0.717, 1.165) is 12.8 Å². The Kier molecular flexibility index (Phi) is 7.62. The summed E-state index contributed by atoms with van der Waals surface area (Å²) in [5.74, 6) is -0.100. The zero-order valence-corrected chi connectivity index (χ0v) is 15.9. The summed E-state index contributed by atoms with van der Waals surface area (Å²) < 4.78 is 8.77. The smallest absolute Gasteiger partial charge is 0.306 e. The van der Waals surface area contributed by atoms with Gasteiger partial charge in [0.25, 0.3) is 0 Å². The second kappa shape index (κ2) is 8.13. The zero-order chi connectivity index (χ0) is 12.8. The normalized spacial score (nSPS) is 10.4. The molecule has 94 valence electrons. The summed E-state index contributed by atoms with van der Waals surface area (Å²) in [6.07, 6.45) is 2.10. The maximum Gasteiger partial charge on any atom is 0.306 e. The molecule has 1 aromatic carbocycles. The molecule has 0 saturated heterocycles. The van der Waals surface area contributed by atoms with Crippen LogP contribution in [0.4, 0.5) is 0 Å². The molecule has 0 aliphatic rings. The van der Waals surface area contributed by atoms with Crippen molar-refractivity contribution in [1.29, 1.82) is 0 Å². The lowest BCUT2D eigenvalue weighted by atomic mass is 10.1. The number of esters is 1. The molecule has 2 nitrogen and oxygen atoms in total. The van der Waals surface area contributed by atoms with E-state index in [1.165, 1.54) is 16.3 Å². The van der Waals surface area contributed by atoms with Gasteiger partial charge >= 0.3 is 5.97 Å². The molecule has 0 amide bonds. The molecule has 0 saturated carbocycles. The number of hydrogen-bond donors (Lipinski definition) is 0. The highest BCUT2D eigenvalue weighted by molar-refractivity contribution is 14.1. The molecule has 0 heterocycles. The van der Waals surface area contributed by atoms with Gasteiger partial charge in [0.15, 0.2) is 0 Å². The third kappa shape index (κ3) is 5.58. The lowest BCUT2D eigenvalue weighted by Gasteiger charge is -2.07. The fourth-order valence-corrected chi connectivity index (χ4v) is 3.86. The van der Waals surface area contributed by atoms with Gasteiger partial charge in [-0.3, -0.25) is 4.79 Å². The molecule has 0 aromatic heterocycles. The van der Waals surface area contributed by atoms with Crippen molar-refractivity contribution in [1.82, 2.24) is 0 Å². The second-order valence-corrected chi connectivity index (χ2v) is 7.07. The van der Waals surface area contributed by atoms with E-state index in [1.807, 2.05) is 6.92 Å². The van der Waals surface area contributed by atoms with Gasteiger partial charge in [0.1, 0.15) is 0 Å². The Hall–Kier alpha value is 0.880. The van der Waals surface area contributed by atoms with E-state index in [9.17, 15) is 4.79 Å². The van der Waals surface area contributed by atoms with E-state index in [4.69, 9.17) is 4.74 Å². The molecule has 0 fully saturated rings. The van der Waals surface area contributed by atoms with Crippen molar-refractivity contribution in [2.75, 3.05) is 6.61 Å². The summed E-state index contributed by atoms with van der Waals surface area (Å²) in [4.78, 5) is 11.4. The number of ether oxygens (including phenoxy) is 1. The first-order chi connectivity index (χ1) is 8.04. The van der Waals surface area contributed by atoms with E-state index in [0.29, 0.717) is 13.0 Å². The predicted molar refractivity (Wildman–Crippen MR) is 94.2 cm³/mol. The Morgan fingerprint density at radius 1 is 1.29 bits per heavy atom. The Morgan fingerprint density at radius 2 is 2.00 bits per heavy atom. The van der Waals surface area contributed by atoms with Gasteiger partial charge in [-0.05, 0) is 98.3 Å². The Bertz CT molecular complexity index is 405. The van der Waals surface area contributed by atoms with Crippen LogP contribution in [0.1, 0.15) is 25.3 Å². The molecular formula is C12H13I3O2. The average Bonchev–Trinajstić information content (AvgIpc) is 2.29. The lowest BCUT2D eigenvalue weighted by Crippen LogP contribution is -2.07. The van der Waals surface area contributed by atoms with Crippen LogP contribution in [0.25, 0.3) is 0 Å². The first-order valence-corrected chi connectivity index (χ1v) is 8.57. The van der Waals surface area contributed by atoms with Gasteiger partial charge in [0.05, 0.1) is 6.61 Å². The van der Waals surface area contributed by atoms with Gasteiger partial charge in [0.2, 0.25) is 0 Å². The van der Waals surface area contributed by atoms with Crippen LogP contribution in [0.3, 0.4) is 0 Å². The van der Waals surface area contributed by atoms with Crippen LogP contribution >= 0.6 is 67.8 Å². The van der Waals surface area contributed by atoms with Crippen LogP contribution in [0.2, 0.25) is 0 Å². The van der Waals surface area contributed by atoms with Gasteiger partial charge in [-0.1, -0.05) is 6.92 Å². The van der Waals surface area contributed by atoms with Crippen LogP contribution in [-0.4, -0.2) is 12.6 Å². The fraction of sp³-hybridized carbons (Fsp3) is 0.417. The topological polar surface area (TPSA) is 26.3 Å². The van der Waals surface area contributed by atoms with E-state index in [2.05, 4.69) is 79.9 Å². The first-order valence-electron chi connectivity index (χ1n) is 5.33. The first kappa shape index (κ1) is 15.9. The molecule has 0 bridgehead atoms. The number of aryl methyl sites for hydroxylation is 1. The van der Waals surface area contributed by atoms with E-state index >= 15 is 0 Å². The van der Waals surface area contributed by atoms with Crippen LogP contribution in [0, 0.1) is 10.7 Å². The van der Waals surface area contributed by atoms with Crippen molar-refractivity contribution in [2.24, 2.45) is 0 Å². The minimum Gasteiger partial charge on any atom is -0.466 e. The van der Waals surface area contributed by atoms with Crippen molar-refractivity contribution >= 4 is 73.7 Å². The number of benzene rings is 1. The summed E-state index contributed by atoms with van der Waals surface area (Å²) >= 11 is 6.96. The maximum atomic E-state index is 11.4. The minimum atomic E-state index is -0.100. The van der Waals surface area contributed by atoms with Crippen LogP contribution in [-0.2, 0) is 16.0 Å². The number of rotatable bonds is 5. The highest BCUT2D eigenvalue weighted by atomic mass is 127. The molecule has 0 unspecified atom stereocenters. The standard InChI is InChI=1S/C12H13I3O2/c1-2-5-17-11(16)4-3-8-6-9(13)7-10(14)12(8)15/h6-7H,2-5H2,1H3. The van der Waals surface area contributed by atoms with Crippen molar-refractivity contribution in [3.8, 4) is 0 Å². The number of halogens is 3. The fourth-order valence-electron chi connectivity index (χ4n) is 1.32. The Balaban J connectivity index is 2.60. The number of carbonyl (C=O) groups excluding carboxylic acids is 1. The van der Waals surface area contributed by atoms with Gasteiger partial charge in [0, 0.05) is 17.1 Å². The number of carbonyl (C=O) groups is 1. The number of hydrogen-bond acceptors (Lipinski definition) is 2. The average molecular weight is 570 g/mol.